The van der Waals surface area contributed by atoms with Crippen LogP contribution in [0.1, 0.15) is 25.8 Å². The van der Waals surface area contributed by atoms with E-state index in [1.54, 1.807) is 0 Å². The number of hydrogen-bond acceptors (Lipinski definition) is 4. The van der Waals surface area contributed by atoms with Crippen molar-refractivity contribution in [2.75, 3.05) is 19.8 Å². The summed E-state index contributed by atoms with van der Waals surface area (Å²) in [4.78, 5) is 0. The summed E-state index contributed by atoms with van der Waals surface area (Å²) in [6.45, 7) is 5.32. The van der Waals surface area contributed by atoms with E-state index in [9.17, 15) is 5.11 Å². The highest BCUT2D eigenvalue weighted by atomic mass is 16.6. The van der Waals surface area contributed by atoms with Gasteiger partial charge in [-0.3, -0.25) is 0 Å². The molecule has 0 bridgehead atoms. The molecular formula is C14H21NO3. The van der Waals surface area contributed by atoms with Crippen molar-refractivity contribution < 1.29 is 14.6 Å². The van der Waals surface area contributed by atoms with Gasteiger partial charge in [-0.15, -0.1) is 0 Å². The van der Waals surface area contributed by atoms with Crippen LogP contribution >= 0.6 is 0 Å². The highest BCUT2D eigenvalue weighted by molar-refractivity contribution is 5.46. The van der Waals surface area contributed by atoms with E-state index in [0.717, 1.165) is 17.1 Å². The van der Waals surface area contributed by atoms with Gasteiger partial charge in [0, 0.05) is 18.1 Å². The molecule has 0 radical (unpaired) electrons. The van der Waals surface area contributed by atoms with Gasteiger partial charge in [-0.2, -0.15) is 0 Å². The normalized spacial score (nSPS) is 19.1. The summed E-state index contributed by atoms with van der Waals surface area (Å²) < 4.78 is 11.1. The average Bonchev–Trinajstić information content (AvgIpc) is 2.38. The second-order valence-electron chi connectivity index (χ2n) is 5.04. The molecule has 4 nitrogen and oxygen atoms in total. The fourth-order valence-corrected chi connectivity index (χ4v) is 2.27. The first kappa shape index (κ1) is 13.2. The number of aliphatic hydroxyl groups is 1. The molecule has 1 aromatic carbocycles. The van der Waals surface area contributed by atoms with Crippen molar-refractivity contribution in [3.05, 3.63) is 23.8 Å². The molecule has 2 unspecified atom stereocenters. The van der Waals surface area contributed by atoms with Gasteiger partial charge in [0.2, 0.25) is 0 Å². The number of rotatable bonds is 4. The average molecular weight is 251 g/mol. The first-order valence-electron chi connectivity index (χ1n) is 6.34. The molecule has 0 aliphatic carbocycles. The van der Waals surface area contributed by atoms with Gasteiger partial charge >= 0.3 is 0 Å². The lowest BCUT2D eigenvalue weighted by Gasteiger charge is -2.34. The van der Waals surface area contributed by atoms with E-state index in [0.29, 0.717) is 19.6 Å². The predicted molar refractivity (Wildman–Crippen MR) is 70.1 cm³/mol. The van der Waals surface area contributed by atoms with E-state index in [-0.39, 0.29) is 18.1 Å². The maximum Gasteiger partial charge on any atom is 0.161 e. The molecule has 1 heterocycles. The third-order valence-corrected chi connectivity index (χ3v) is 3.84. The fraction of sp³-hybridized carbons (Fsp3) is 0.571. The molecule has 3 N–H and O–H groups in total. The van der Waals surface area contributed by atoms with Crippen LogP contribution in [0.3, 0.4) is 0 Å². The van der Waals surface area contributed by atoms with Gasteiger partial charge < -0.3 is 20.3 Å². The zero-order valence-corrected chi connectivity index (χ0v) is 11.0. The largest absolute Gasteiger partial charge is 0.486 e. The van der Waals surface area contributed by atoms with Gasteiger partial charge in [0.1, 0.15) is 13.2 Å². The number of ether oxygens (including phenoxy) is 2. The molecule has 1 aliphatic heterocycles. The van der Waals surface area contributed by atoms with Crippen molar-refractivity contribution in [2.45, 2.75) is 31.7 Å². The van der Waals surface area contributed by atoms with Crippen LogP contribution in [-0.4, -0.2) is 31.0 Å². The fourth-order valence-electron chi connectivity index (χ4n) is 2.27. The quantitative estimate of drug-likeness (QED) is 0.850. The molecule has 0 fully saturated rings. The molecule has 0 amide bonds. The van der Waals surface area contributed by atoms with Crippen LogP contribution in [0, 0.1) is 0 Å². The van der Waals surface area contributed by atoms with E-state index in [1.807, 2.05) is 25.1 Å². The predicted octanol–water partition coefficient (Wildman–Crippen LogP) is 1.45. The van der Waals surface area contributed by atoms with Gasteiger partial charge in [0.05, 0.1) is 0 Å². The smallest absolute Gasteiger partial charge is 0.161 e. The van der Waals surface area contributed by atoms with Crippen molar-refractivity contribution in [1.29, 1.82) is 0 Å². The first-order valence-corrected chi connectivity index (χ1v) is 6.34. The van der Waals surface area contributed by atoms with Gasteiger partial charge in [-0.1, -0.05) is 13.0 Å². The van der Waals surface area contributed by atoms with Gasteiger partial charge in [-0.25, -0.2) is 0 Å². The molecule has 0 saturated carbocycles. The Labute approximate surface area is 108 Å². The molecule has 0 saturated heterocycles. The zero-order valence-electron chi connectivity index (χ0n) is 11.0. The number of fused-ring (bicyclic) bond motifs is 1. The van der Waals surface area contributed by atoms with Crippen LogP contribution in [0.15, 0.2) is 18.2 Å². The summed E-state index contributed by atoms with van der Waals surface area (Å²) in [6.07, 6.45) is 0.629. The second kappa shape index (κ2) is 5.16. The molecule has 0 aromatic heterocycles. The summed E-state index contributed by atoms with van der Waals surface area (Å²) in [6, 6.07) is 5.86. The highest BCUT2D eigenvalue weighted by Crippen LogP contribution is 2.37. The van der Waals surface area contributed by atoms with Crippen LogP contribution < -0.4 is 15.2 Å². The van der Waals surface area contributed by atoms with E-state index >= 15 is 0 Å². The molecule has 4 heteroatoms. The highest BCUT2D eigenvalue weighted by Gasteiger charge is 2.31. The van der Waals surface area contributed by atoms with Gasteiger partial charge in [-0.05, 0) is 31.0 Å². The molecule has 2 rings (SSSR count). The Hall–Kier alpha value is -1.26. The molecule has 100 valence electrons. The Morgan fingerprint density at radius 3 is 2.61 bits per heavy atom. The first-order chi connectivity index (χ1) is 8.58. The maximum atomic E-state index is 9.24. The van der Waals surface area contributed by atoms with E-state index < -0.39 is 0 Å². The van der Waals surface area contributed by atoms with Gasteiger partial charge in [0.25, 0.3) is 0 Å². The lowest BCUT2D eigenvalue weighted by Crippen LogP contribution is -2.41. The Balaban J connectivity index is 2.36. The minimum absolute atomic E-state index is 0.0489. The zero-order chi connectivity index (χ0) is 13.2. The maximum absolute atomic E-state index is 9.24. The van der Waals surface area contributed by atoms with E-state index in [2.05, 4.69) is 6.92 Å². The van der Waals surface area contributed by atoms with Crippen LogP contribution in [-0.2, 0) is 5.41 Å². The van der Waals surface area contributed by atoms with E-state index in [1.165, 1.54) is 0 Å². The Bertz CT molecular complexity index is 420. The van der Waals surface area contributed by atoms with Crippen molar-refractivity contribution in [3.8, 4) is 11.5 Å². The second-order valence-corrected chi connectivity index (χ2v) is 5.04. The Morgan fingerprint density at radius 1 is 1.33 bits per heavy atom. The molecule has 18 heavy (non-hydrogen) atoms. The summed E-state index contributed by atoms with van der Waals surface area (Å²) in [5.41, 5.74) is 6.90. The SMILES string of the molecule is CC(N)C(C)(CCO)c1ccc2c(c1)OCCO2. The minimum atomic E-state index is -0.259. The van der Waals surface area contributed by atoms with Crippen LogP contribution in [0.25, 0.3) is 0 Å². The lowest BCUT2D eigenvalue weighted by atomic mass is 9.74. The molecule has 1 aliphatic rings. The Kier molecular flexibility index (Phi) is 3.78. The number of aliphatic hydroxyl groups excluding tert-OH is 1. The topological polar surface area (TPSA) is 64.7 Å². The summed E-state index contributed by atoms with van der Waals surface area (Å²) >= 11 is 0. The number of benzene rings is 1. The van der Waals surface area contributed by atoms with Crippen LogP contribution in [0.2, 0.25) is 0 Å². The van der Waals surface area contributed by atoms with Crippen molar-refractivity contribution in [2.24, 2.45) is 5.73 Å². The van der Waals surface area contributed by atoms with Crippen molar-refractivity contribution in [1.82, 2.24) is 0 Å². The van der Waals surface area contributed by atoms with Crippen LogP contribution in [0.4, 0.5) is 0 Å². The summed E-state index contributed by atoms with van der Waals surface area (Å²) in [5, 5.41) is 9.24. The van der Waals surface area contributed by atoms with E-state index in [4.69, 9.17) is 15.2 Å². The molecule has 1 aromatic rings. The van der Waals surface area contributed by atoms with Crippen molar-refractivity contribution in [3.63, 3.8) is 0 Å². The standard InChI is InChI=1S/C14H21NO3/c1-10(15)14(2,5-6-16)11-3-4-12-13(9-11)18-8-7-17-12/h3-4,9-10,16H,5-8,15H2,1-2H3. The molecule has 2 atom stereocenters. The lowest BCUT2D eigenvalue weighted by molar-refractivity contribution is 0.170. The summed E-state index contributed by atoms with van der Waals surface area (Å²) in [5.74, 6) is 1.55. The summed E-state index contributed by atoms with van der Waals surface area (Å²) in [7, 11) is 0. The minimum Gasteiger partial charge on any atom is -0.486 e. The number of nitrogens with two attached hydrogens (primary N) is 1. The Morgan fingerprint density at radius 2 is 2.00 bits per heavy atom. The monoisotopic (exact) mass is 251 g/mol. The third-order valence-electron chi connectivity index (χ3n) is 3.84. The third kappa shape index (κ3) is 2.31. The van der Waals surface area contributed by atoms with Crippen LogP contribution in [0.5, 0.6) is 11.5 Å². The number of hydrogen-bond donors (Lipinski definition) is 2. The van der Waals surface area contributed by atoms with Crippen molar-refractivity contribution >= 4 is 0 Å². The molecular weight excluding hydrogens is 230 g/mol. The molecule has 0 spiro atoms. The van der Waals surface area contributed by atoms with Gasteiger partial charge in [0.15, 0.2) is 11.5 Å².